The van der Waals surface area contributed by atoms with E-state index in [1.165, 1.54) is 4.31 Å². The topological polar surface area (TPSA) is 95.7 Å². The lowest BCUT2D eigenvalue weighted by molar-refractivity contribution is -0.116. The van der Waals surface area contributed by atoms with Gasteiger partial charge in [-0.3, -0.25) is 4.79 Å². The van der Waals surface area contributed by atoms with Gasteiger partial charge in [0.05, 0.1) is 4.90 Å². The summed E-state index contributed by atoms with van der Waals surface area (Å²) >= 11 is 0. The van der Waals surface area contributed by atoms with Gasteiger partial charge in [-0.25, -0.2) is 8.42 Å². The highest BCUT2D eigenvalue weighted by Crippen LogP contribution is 2.28. The zero-order chi connectivity index (χ0) is 19.5. The Labute approximate surface area is 161 Å². The fourth-order valence-corrected chi connectivity index (χ4v) is 5.34. The van der Waals surface area contributed by atoms with Crippen LogP contribution in [0.4, 0.5) is 5.69 Å². The Morgan fingerprint density at radius 2 is 2.00 bits per heavy atom. The maximum atomic E-state index is 12.7. The van der Waals surface area contributed by atoms with Crippen LogP contribution in [-0.2, 0) is 14.8 Å². The standard InChI is InChI=1S/C19H30N4O3S/c1-19(14-20)8-12-22(15-19)11-7-18(24)21-16-5-4-6-17(13-16)27(25,26)23-9-2-3-10-23/h4-6,13H,2-3,7-12,14-15,20H2,1H3,(H,21,24). The van der Waals surface area contributed by atoms with Crippen molar-refractivity contribution < 1.29 is 13.2 Å². The number of carbonyl (C=O) groups is 1. The fourth-order valence-electron chi connectivity index (χ4n) is 3.78. The summed E-state index contributed by atoms with van der Waals surface area (Å²) in [4.78, 5) is 14.8. The molecule has 1 amide bonds. The van der Waals surface area contributed by atoms with Crippen molar-refractivity contribution in [1.29, 1.82) is 0 Å². The van der Waals surface area contributed by atoms with Crippen LogP contribution in [0.1, 0.15) is 32.6 Å². The molecule has 0 radical (unpaired) electrons. The first-order chi connectivity index (χ1) is 12.8. The van der Waals surface area contributed by atoms with Crippen molar-refractivity contribution in [3.05, 3.63) is 24.3 Å². The van der Waals surface area contributed by atoms with Gasteiger partial charge in [-0.2, -0.15) is 4.31 Å². The molecule has 2 aliphatic rings. The monoisotopic (exact) mass is 394 g/mol. The van der Waals surface area contributed by atoms with Crippen LogP contribution in [0.15, 0.2) is 29.2 Å². The number of hydrogen-bond acceptors (Lipinski definition) is 5. The van der Waals surface area contributed by atoms with E-state index in [9.17, 15) is 13.2 Å². The molecule has 1 atom stereocenters. The Bertz CT molecular complexity index is 777. The number of carbonyl (C=O) groups excluding carboxylic acids is 1. The van der Waals surface area contributed by atoms with Gasteiger partial charge in [-0.15, -0.1) is 0 Å². The summed E-state index contributed by atoms with van der Waals surface area (Å²) in [7, 11) is -3.48. The molecule has 27 heavy (non-hydrogen) atoms. The van der Waals surface area contributed by atoms with Gasteiger partial charge in [-0.05, 0) is 56.0 Å². The van der Waals surface area contributed by atoms with E-state index in [1.807, 2.05) is 0 Å². The molecule has 1 aromatic carbocycles. The molecule has 150 valence electrons. The molecule has 3 N–H and O–H groups in total. The highest BCUT2D eigenvalue weighted by atomic mass is 32.2. The highest BCUT2D eigenvalue weighted by molar-refractivity contribution is 7.89. The van der Waals surface area contributed by atoms with Crippen LogP contribution in [-0.4, -0.2) is 62.8 Å². The number of hydrogen-bond donors (Lipinski definition) is 2. The van der Waals surface area contributed by atoms with Gasteiger partial charge in [0.25, 0.3) is 0 Å². The Morgan fingerprint density at radius 1 is 1.26 bits per heavy atom. The third-order valence-electron chi connectivity index (χ3n) is 5.61. The zero-order valence-electron chi connectivity index (χ0n) is 16.0. The van der Waals surface area contributed by atoms with Crippen LogP contribution in [0.25, 0.3) is 0 Å². The van der Waals surface area contributed by atoms with Crippen molar-refractivity contribution in [2.45, 2.75) is 37.5 Å². The second kappa shape index (κ2) is 8.26. The predicted molar refractivity (Wildman–Crippen MR) is 106 cm³/mol. The molecule has 1 unspecified atom stereocenters. The van der Waals surface area contributed by atoms with Crippen LogP contribution in [0.2, 0.25) is 0 Å². The van der Waals surface area contributed by atoms with Crippen molar-refractivity contribution in [1.82, 2.24) is 9.21 Å². The first-order valence-electron chi connectivity index (χ1n) is 9.65. The van der Waals surface area contributed by atoms with Gasteiger partial charge < -0.3 is 16.0 Å². The lowest BCUT2D eigenvalue weighted by Crippen LogP contribution is -2.32. The molecule has 3 rings (SSSR count). The molecule has 8 heteroatoms. The minimum absolute atomic E-state index is 0.105. The van der Waals surface area contributed by atoms with E-state index >= 15 is 0 Å². The second-order valence-corrected chi connectivity index (χ2v) is 9.92. The van der Waals surface area contributed by atoms with E-state index in [1.54, 1.807) is 24.3 Å². The molecule has 2 fully saturated rings. The molecule has 2 aliphatic heterocycles. The Hall–Kier alpha value is -1.48. The largest absolute Gasteiger partial charge is 0.330 e. The summed E-state index contributed by atoms with van der Waals surface area (Å²) in [5.41, 5.74) is 6.49. The maximum Gasteiger partial charge on any atom is 0.243 e. The number of nitrogens with one attached hydrogen (secondary N) is 1. The molecule has 2 heterocycles. The Balaban J connectivity index is 1.56. The average molecular weight is 395 g/mol. The SMILES string of the molecule is CC1(CN)CCN(CCC(=O)Nc2cccc(S(=O)(=O)N3CCCC3)c2)C1. The van der Waals surface area contributed by atoms with E-state index in [0.29, 0.717) is 38.3 Å². The summed E-state index contributed by atoms with van der Waals surface area (Å²) in [6.07, 6.45) is 3.23. The summed E-state index contributed by atoms with van der Waals surface area (Å²) in [6, 6.07) is 6.53. The van der Waals surface area contributed by atoms with Crippen LogP contribution in [0.3, 0.4) is 0 Å². The van der Waals surface area contributed by atoms with E-state index in [4.69, 9.17) is 5.73 Å². The number of likely N-dealkylation sites (tertiary alicyclic amines) is 1. The molecule has 1 aromatic rings. The Kier molecular flexibility index (Phi) is 6.20. The smallest absolute Gasteiger partial charge is 0.243 e. The van der Waals surface area contributed by atoms with Crippen molar-refractivity contribution in [3.8, 4) is 0 Å². The minimum Gasteiger partial charge on any atom is -0.330 e. The van der Waals surface area contributed by atoms with Gasteiger partial charge in [0, 0.05) is 38.3 Å². The van der Waals surface area contributed by atoms with Crippen molar-refractivity contribution >= 4 is 21.6 Å². The number of amides is 1. The highest BCUT2D eigenvalue weighted by Gasteiger charge is 2.32. The number of benzene rings is 1. The molecule has 0 spiro atoms. The maximum absolute atomic E-state index is 12.7. The Morgan fingerprint density at radius 3 is 2.67 bits per heavy atom. The molecular formula is C19H30N4O3S. The number of anilines is 1. The second-order valence-electron chi connectivity index (χ2n) is 7.98. The first-order valence-corrected chi connectivity index (χ1v) is 11.1. The van der Waals surface area contributed by atoms with Crippen LogP contribution in [0.5, 0.6) is 0 Å². The van der Waals surface area contributed by atoms with Crippen LogP contribution >= 0.6 is 0 Å². The molecule has 0 aliphatic carbocycles. The quantitative estimate of drug-likeness (QED) is 0.730. The molecule has 0 aromatic heterocycles. The van der Waals surface area contributed by atoms with Gasteiger partial charge >= 0.3 is 0 Å². The number of nitrogens with zero attached hydrogens (tertiary/aromatic N) is 2. The first kappa shape index (κ1) is 20.3. The third-order valence-corrected chi connectivity index (χ3v) is 7.50. The molecule has 0 bridgehead atoms. The van der Waals surface area contributed by atoms with Gasteiger partial charge in [-0.1, -0.05) is 13.0 Å². The lowest BCUT2D eigenvalue weighted by atomic mass is 9.90. The summed E-state index contributed by atoms with van der Waals surface area (Å²) in [5.74, 6) is -0.105. The van der Waals surface area contributed by atoms with Crippen LogP contribution < -0.4 is 11.1 Å². The van der Waals surface area contributed by atoms with Gasteiger partial charge in [0.2, 0.25) is 15.9 Å². The van der Waals surface area contributed by atoms with Gasteiger partial charge in [0.1, 0.15) is 0 Å². The van der Waals surface area contributed by atoms with E-state index in [0.717, 1.165) is 32.4 Å². The number of nitrogens with two attached hydrogens (primary N) is 1. The van der Waals surface area contributed by atoms with Crippen molar-refractivity contribution in [2.75, 3.05) is 44.6 Å². The minimum atomic E-state index is -3.48. The van der Waals surface area contributed by atoms with E-state index < -0.39 is 10.0 Å². The van der Waals surface area contributed by atoms with Crippen molar-refractivity contribution in [3.63, 3.8) is 0 Å². The average Bonchev–Trinajstić information content (AvgIpc) is 3.31. The fraction of sp³-hybridized carbons (Fsp3) is 0.632. The summed E-state index contributed by atoms with van der Waals surface area (Å²) in [6.45, 7) is 6.54. The number of rotatable bonds is 7. The van der Waals surface area contributed by atoms with Gasteiger partial charge in [0.15, 0.2) is 0 Å². The normalized spacial score (nSPS) is 24.4. The van der Waals surface area contributed by atoms with E-state index in [2.05, 4.69) is 17.1 Å². The predicted octanol–water partition coefficient (Wildman–Crippen LogP) is 1.47. The third kappa shape index (κ3) is 4.87. The zero-order valence-corrected chi connectivity index (χ0v) is 16.8. The number of sulfonamides is 1. The summed E-state index contributed by atoms with van der Waals surface area (Å²) < 4.78 is 26.8. The van der Waals surface area contributed by atoms with Crippen molar-refractivity contribution in [2.24, 2.45) is 11.1 Å². The summed E-state index contributed by atoms with van der Waals surface area (Å²) in [5, 5.41) is 2.83. The molecule has 7 nitrogen and oxygen atoms in total. The molecule has 0 saturated carbocycles. The molecule has 2 saturated heterocycles. The lowest BCUT2D eigenvalue weighted by Gasteiger charge is -2.22. The van der Waals surface area contributed by atoms with Crippen LogP contribution in [0, 0.1) is 5.41 Å². The van der Waals surface area contributed by atoms with E-state index in [-0.39, 0.29) is 16.2 Å². The molecular weight excluding hydrogens is 364 g/mol.